The van der Waals surface area contributed by atoms with Crippen molar-refractivity contribution in [2.75, 3.05) is 37.0 Å². The first kappa shape index (κ1) is 18.7. The molecule has 2 saturated heterocycles. The highest BCUT2D eigenvalue weighted by atomic mass is 16.6. The van der Waals surface area contributed by atoms with Crippen LogP contribution in [0.2, 0.25) is 0 Å². The first-order valence-electron chi connectivity index (χ1n) is 10.5. The number of piperidine rings is 1. The van der Waals surface area contributed by atoms with Gasteiger partial charge in [0.1, 0.15) is 11.4 Å². The smallest absolute Gasteiger partial charge is 0.407 e. The lowest BCUT2D eigenvalue weighted by Crippen LogP contribution is -2.47. The Kier molecular flexibility index (Phi) is 4.10. The Morgan fingerprint density at radius 1 is 1.28 bits per heavy atom. The maximum absolute atomic E-state index is 11.5. The summed E-state index contributed by atoms with van der Waals surface area (Å²) in [5.74, 6) is 1.91. The summed E-state index contributed by atoms with van der Waals surface area (Å²) < 4.78 is 12.8. The Morgan fingerprint density at radius 2 is 2.16 bits per heavy atom. The van der Waals surface area contributed by atoms with E-state index >= 15 is 0 Å². The van der Waals surface area contributed by atoms with E-state index in [2.05, 4.69) is 30.6 Å². The fourth-order valence-corrected chi connectivity index (χ4v) is 4.45. The second-order valence-corrected chi connectivity index (χ2v) is 8.11. The highest BCUT2D eigenvalue weighted by Crippen LogP contribution is 2.34. The minimum atomic E-state index is -0.411. The van der Waals surface area contributed by atoms with Crippen LogP contribution >= 0.6 is 0 Å². The molecular formula is C21H22N8O3. The largest absolute Gasteiger partial charge is 0.495 e. The van der Waals surface area contributed by atoms with Gasteiger partial charge in [0, 0.05) is 55.4 Å². The Balaban J connectivity index is 1.28. The summed E-state index contributed by atoms with van der Waals surface area (Å²) in [5.41, 5.74) is 2.01. The molecule has 1 aromatic carbocycles. The summed E-state index contributed by atoms with van der Waals surface area (Å²) >= 11 is 0. The third kappa shape index (κ3) is 3.04. The van der Waals surface area contributed by atoms with Crippen LogP contribution in [0.3, 0.4) is 0 Å². The number of ether oxygens (including phenoxy) is 2. The topological polar surface area (TPSA) is 122 Å². The average molecular weight is 434 g/mol. The van der Waals surface area contributed by atoms with Crippen molar-refractivity contribution < 1.29 is 14.3 Å². The van der Waals surface area contributed by atoms with Crippen molar-refractivity contribution in [3.8, 4) is 5.75 Å². The SMILES string of the molecule is COc1cc2cc[nH]c2cc1Nc1nc2c(N3CCC4(CC3)CNC(=O)O4)nccn2n1. The molecule has 11 heteroatoms. The molecule has 2 aliphatic heterocycles. The van der Waals surface area contributed by atoms with Crippen molar-refractivity contribution >= 4 is 40.1 Å². The summed E-state index contributed by atoms with van der Waals surface area (Å²) in [7, 11) is 1.64. The van der Waals surface area contributed by atoms with Gasteiger partial charge in [-0.25, -0.2) is 14.3 Å². The number of H-pyrrole nitrogens is 1. The van der Waals surface area contributed by atoms with Crippen LogP contribution in [0.4, 0.5) is 22.2 Å². The van der Waals surface area contributed by atoms with E-state index in [-0.39, 0.29) is 6.09 Å². The molecule has 0 bridgehead atoms. The molecule has 1 spiro atoms. The van der Waals surface area contributed by atoms with Gasteiger partial charge >= 0.3 is 6.09 Å². The highest BCUT2D eigenvalue weighted by Gasteiger charge is 2.43. The maximum atomic E-state index is 11.5. The number of alkyl carbamates (subject to hydrolysis) is 1. The Morgan fingerprint density at radius 3 is 2.94 bits per heavy atom. The van der Waals surface area contributed by atoms with Crippen LogP contribution in [-0.4, -0.2) is 63.0 Å². The molecule has 5 heterocycles. The molecule has 0 unspecified atom stereocenters. The summed E-state index contributed by atoms with van der Waals surface area (Å²) in [6.07, 6.45) is 6.52. The molecule has 1 amide bonds. The number of hydrogen-bond donors (Lipinski definition) is 3. The van der Waals surface area contributed by atoms with Crippen LogP contribution in [0, 0.1) is 0 Å². The van der Waals surface area contributed by atoms with Gasteiger partial charge in [-0.2, -0.15) is 4.98 Å². The third-order valence-corrected chi connectivity index (χ3v) is 6.19. The van der Waals surface area contributed by atoms with Crippen LogP contribution in [0.5, 0.6) is 5.75 Å². The van der Waals surface area contributed by atoms with Crippen molar-refractivity contribution in [2.45, 2.75) is 18.4 Å². The Bertz CT molecular complexity index is 1320. The number of methoxy groups -OCH3 is 1. The first-order chi connectivity index (χ1) is 15.6. The van der Waals surface area contributed by atoms with Gasteiger partial charge in [0.05, 0.1) is 19.3 Å². The number of amides is 1. The quantitative estimate of drug-likeness (QED) is 0.448. The van der Waals surface area contributed by atoms with Crippen LogP contribution in [0.15, 0.2) is 36.8 Å². The molecule has 0 atom stereocenters. The van der Waals surface area contributed by atoms with Crippen LogP contribution in [0.1, 0.15) is 12.8 Å². The first-order valence-corrected chi connectivity index (χ1v) is 10.5. The molecule has 2 fully saturated rings. The number of anilines is 3. The number of nitrogens with one attached hydrogen (secondary N) is 3. The highest BCUT2D eigenvalue weighted by molar-refractivity contribution is 5.87. The summed E-state index contributed by atoms with van der Waals surface area (Å²) in [6.45, 7) is 1.99. The van der Waals surface area contributed by atoms with Gasteiger partial charge in [-0.3, -0.25) is 0 Å². The van der Waals surface area contributed by atoms with Crippen molar-refractivity contribution in [3.05, 3.63) is 36.8 Å². The van der Waals surface area contributed by atoms with E-state index in [1.807, 2.05) is 24.4 Å². The van der Waals surface area contributed by atoms with Crippen molar-refractivity contribution in [1.82, 2.24) is 29.9 Å². The van der Waals surface area contributed by atoms with E-state index in [0.29, 0.717) is 37.0 Å². The number of aromatic nitrogens is 5. The molecule has 0 radical (unpaired) electrons. The number of rotatable bonds is 4. The lowest BCUT2D eigenvalue weighted by molar-refractivity contribution is 0.0366. The zero-order chi connectivity index (χ0) is 21.7. The molecule has 11 nitrogen and oxygen atoms in total. The van der Waals surface area contributed by atoms with Gasteiger partial charge in [-0.05, 0) is 18.2 Å². The van der Waals surface area contributed by atoms with E-state index in [1.54, 1.807) is 24.0 Å². The average Bonchev–Trinajstić information content (AvgIpc) is 3.52. The monoisotopic (exact) mass is 434 g/mol. The Hall–Kier alpha value is -4.02. The summed E-state index contributed by atoms with van der Waals surface area (Å²) in [5, 5.41) is 11.7. The molecular weight excluding hydrogens is 412 g/mol. The van der Waals surface area contributed by atoms with Gasteiger partial charge in [0.25, 0.3) is 0 Å². The van der Waals surface area contributed by atoms with E-state index in [1.165, 1.54) is 0 Å². The maximum Gasteiger partial charge on any atom is 0.407 e. The molecule has 6 rings (SSSR count). The fraction of sp³-hybridized carbons (Fsp3) is 0.333. The van der Waals surface area contributed by atoms with Crippen LogP contribution in [-0.2, 0) is 4.74 Å². The van der Waals surface area contributed by atoms with Crippen molar-refractivity contribution in [3.63, 3.8) is 0 Å². The summed E-state index contributed by atoms with van der Waals surface area (Å²) in [6, 6.07) is 5.93. The Labute approximate surface area is 182 Å². The van der Waals surface area contributed by atoms with Crippen LogP contribution in [0.25, 0.3) is 16.6 Å². The number of benzene rings is 1. The number of fused-ring (bicyclic) bond motifs is 2. The molecule has 0 saturated carbocycles. The second kappa shape index (κ2) is 7.01. The van der Waals surface area contributed by atoms with E-state index < -0.39 is 5.60 Å². The molecule has 32 heavy (non-hydrogen) atoms. The molecule has 3 N–H and O–H groups in total. The fourth-order valence-electron chi connectivity index (χ4n) is 4.45. The summed E-state index contributed by atoms with van der Waals surface area (Å²) in [4.78, 5) is 26.1. The zero-order valence-electron chi connectivity index (χ0n) is 17.5. The van der Waals surface area contributed by atoms with Crippen molar-refractivity contribution in [2.24, 2.45) is 0 Å². The number of nitrogens with zero attached hydrogens (tertiary/aromatic N) is 5. The van der Waals surface area contributed by atoms with Gasteiger partial charge in [0.2, 0.25) is 5.95 Å². The molecule has 2 aliphatic rings. The van der Waals surface area contributed by atoms with Gasteiger partial charge < -0.3 is 30.0 Å². The number of hydrogen-bond acceptors (Lipinski definition) is 8. The second-order valence-electron chi connectivity index (χ2n) is 8.11. The number of carbonyl (C=O) groups is 1. The molecule has 3 aromatic heterocycles. The predicted octanol–water partition coefficient (Wildman–Crippen LogP) is 2.44. The van der Waals surface area contributed by atoms with Gasteiger partial charge in [-0.1, -0.05) is 0 Å². The van der Waals surface area contributed by atoms with E-state index in [0.717, 1.165) is 35.2 Å². The zero-order valence-corrected chi connectivity index (χ0v) is 17.5. The molecule has 4 aromatic rings. The molecule has 0 aliphatic carbocycles. The third-order valence-electron chi connectivity index (χ3n) is 6.19. The van der Waals surface area contributed by atoms with E-state index in [4.69, 9.17) is 14.5 Å². The normalized spacial score (nSPS) is 17.7. The lowest BCUT2D eigenvalue weighted by atomic mass is 9.92. The lowest BCUT2D eigenvalue weighted by Gasteiger charge is -2.37. The molecule has 164 valence electrons. The van der Waals surface area contributed by atoms with E-state index in [9.17, 15) is 4.79 Å². The minimum absolute atomic E-state index is 0.334. The van der Waals surface area contributed by atoms with Gasteiger partial charge in [0.15, 0.2) is 11.5 Å². The number of aromatic amines is 1. The minimum Gasteiger partial charge on any atom is -0.495 e. The van der Waals surface area contributed by atoms with Crippen LogP contribution < -0.4 is 20.3 Å². The predicted molar refractivity (Wildman–Crippen MR) is 118 cm³/mol. The van der Waals surface area contributed by atoms with Crippen molar-refractivity contribution in [1.29, 1.82) is 0 Å². The van der Waals surface area contributed by atoms with Gasteiger partial charge in [-0.15, -0.1) is 5.10 Å². The number of carbonyl (C=O) groups excluding carboxylic acids is 1. The standard InChI is InChI=1S/C21H22N8O3/c1-31-16-10-13-2-5-22-14(13)11-15(16)25-19-26-18-17(23-6-9-29(18)27-19)28-7-3-21(4-8-28)12-24-20(30)32-21/h2,5-6,9-11,22H,3-4,7-8,12H2,1H3,(H,24,30)(H,25,27).